The minimum atomic E-state index is -0.685. The predicted molar refractivity (Wildman–Crippen MR) is 73.5 cm³/mol. The molecule has 0 saturated heterocycles. The van der Waals surface area contributed by atoms with Crippen molar-refractivity contribution in [2.75, 3.05) is 20.8 Å². The lowest BCUT2D eigenvalue weighted by molar-refractivity contribution is -0.189. The maximum Gasteiger partial charge on any atom is 0.249 e. The topological polar surface area (TPSA) is 66.8 Å². The molecule has 0 aromatic rings. The first-order valence-electron chi connectivity index (χ1n) is 7.26. The maximum absolute atomic E-state index is 12.7. The quantitative estimate of drug-likeness (QED) is 0.795. The lowest BCUT2D eigenvalue weighted by Gasteiger charge is -2.50. The molecule has 2 fully saturated rings. The molecule has 0 bridgehead atoms. The summed E-state index contributed by atoms with van der Waals surface area (Å²) in [6, 6.07) is 0. The first kappa shape index (κ1) is 15.4. The van der Waals surface area contributed by atoms with E-state index in [-0.39, 0.29) is 36.6 Å². The zero-order chi connectivity index (χ0) is 15.1. The van der Waals surface area contributed by atoms with E-state index in [9.17, 15) is 14.7 Å². The molecule has 2 rings (SSSR count). The molecule has 0 radical (unpaired) electrons. The number of aliphatic hydroxyl groups excluding tert-OH is 1. The number of amides is 1. The number of hydrogen-bond acceptors (Lipinski definition) is 4. The summed E-state index contributed by atoms with van der Waals surface area (Å²) in [4.78, 5) is 30.2. The van der Waals surface area contributed by atoms with Gasteiger partial charge in [-0.25, -0.2) is 5.06 Å². The molecule has 0 heterocycles. The highest BCUT2D eigenvalue weighted by atomic mass is 16.7. The number of hydrogen-bond donors (Lipinski definition) is 1. The Hall–Kier alpha value is -0.940. The molecule has 0 aromatic heterocycles. The van der Waals surface area contributed by atoms with Crippen molar-refractivity contribution in [2.24, 2.45) is 22.7 Å². The van der Waals surface area contributed by atoms with E-state index >= 15 is 0 Å². The molecule has 5 nitrogen and oxygen atoms in total. The lowest BCUT2D eigenvalue weighted by atomic mass is 9.54. The molecule has 0 spiro atoms. The van der Waals surface area contributed by atoms with E-state index in [0.29, 0.717) is 0 Å². The normalized spacial score (nSPS) is 40.5. The van der Waals surface area contributed by atoms with Crippen LogP contribution in [0.3, 0.4) is 0 Å². The van der Waals surface area contributed by atoms with E-state index in [2.05, 4.69) is 0 Å². The Morgan fingerprint density at radius 1 is 1.50 bits per heavy atom. The number of aliphatic hydroxyl groups is 1. The fourth-order valence-electron chi connectivity index (χ4n) is 4.15. The van der Waals surface area contributed by atoms with E-state index in [0.717, 1.165) is 19.3 Å². The van der Waals surface area contributed by atoms with Crippen LogP contribution in [0.5, 0.6) is 0 Å². The highest BCUT2D eigenvalue weighted by Crippen LogP contribution is 2.58. The van der Waals surface area contributed by atoms with Gasteiger partial charge in [-0.05, 0) is 18.8 Å². The molecule has 1 N–H and O–H groups in total. The first-order chi connectivity index (χ1) is 9.30. The fourth-order valence-corrected chi connectivity index (χ4v) is 4.15. The SMILES string of the molecule is CON(C)C(=O)[C@H]1[C@H]2CCC[C@@]2(C)C(=O)C[C@]1(C)CO. The molecule has 4 atom stereocenters. The molecule has 0 unspecified atom stereocenters. The van der Waals surface area contributed by atoms with E-state index in [1.807, 2.05) is 13.8 Å². The van der Waals surface area contributed by atoms with Gasteiger partial charge in [0.15, 0.2) is 0 Å². The summed E-state index contributed by atoms with van der Waals surface area (Å²) in [5.41, 5.74) is -1.10. The van der Waals surface area contributed by atoms with Gasteiger partial charge in [0.1, 0.15) is 5.78 Å². The van der Waals surface area contributed by atoms with Gasteiger partial charge in [0, 0.05) is 30.9 Å². The number of hydroxylamine groups is 2. The van der Waals surface area contributed by atoms with Crippen molar-refractivity contribution in [1.82, 2.24) is 5.06 Å². The maximum atomic E-state index is 12.7. The van der Waals surface area contributed by atoms with Crippen molar-refractivity contribution < 1.29 is 19.5 Å². The fraction of sp³-hybridized carbons (Fsp3) is 0.867. The number of rotatable bonds is 3. The Bertz CT molecular complexity index is 424. The molecule has 0 aliphatic heterocycles. The van der Waals surface area contributed by atoms with E-state index < -0.39 is 10.8 Å². The van der Waals surface area contributed by atoms with Crippen LogP contribution in [0.4, 0.5) is 0 Å². The second kappa shape index (κ2) is 5.11. The second-order valence-electron chi connectivity index (χ2n) is 6.82. The van der Waals surface area contributed by atoms with Crippen molar-refractivity contribution in [2.45, 2.75) is 39.5 Å². The summed E-state index contributed by atoms with van der Waals surface area (Å²) in [5, 5.41) is 11.0. The van der Waals surface area contributed by atoms with Crippen LogP contribution in [0.25, 0.3) is 0 Å². The van der Waals surface area contributed by atoms with Gasteiger partial charge in [-0.3, -0.25) is 14.4 Å². The number of fused-ring (bicyclic) bond motifs is 1. The Morgan fingerprint density at radius 2 is 2.15 bits per heavy atom. The second-order valence-corrected chi connectivity index (χ2v) is 6.82. The highest BCUT2D eigenvalue weighted by molar-refractivity contribution is 5.90. The Morgan fingerprint density at radius 3 is 2.70 bits per heavy atom. The van der Waals surface area contributed by atoms with Crippen LogP contribution in [0.1, 0.15) is 39.5 Å². The minimum absolute atomic E-state index is 0.00556. The van der Waals surface area contributed by atoms with Crippen LogP contribution in [0, 0.1) is 22.7 Å². The Labute approximate surface area is 120 Å². The summed E-state index contributed by atoms with van der Waals surface area (Å²) < 4.78 is 0. The lowest BCUT2D eigenvalue weighted by Crippen LogP contribution is -2.56. The monoisotopic (exact) mass is 283 g/mol. The third kappa shape index (κ3) is 2.07. The summed E-state index contributed by atoms with van der Waals surface area (Å²) in [5.74, 6) is -0.288. The van der Waals surface area contributed by atoms with E-state index in [4.69, 9.17) is 4.84 Å². The van der Waals surface area contributed by atoms with Gasteiger partial charge in [-0.1, -0.05) is 20.3 Å². The van der Waals surface area contributed by atoms with Crippen molar-refractivity contribution in [3.63, 3.8) is 0 Å². The van der Waals surface area contributed by atoms with Gasteiger partial charge in [-0.15, -0.1) is 0 Å². The van der Waals surface area contributed by atoms with Crippen LogP contribution < -0.4 is 0 Å². The predicted octanol–water partition coefficient (Wildman–Crippen LogP) is 1.40. The van der Waals surface area contributed by atoms with Gasteiger partial charge in [-0.2, -0.15) is 0 Å². The number of ketones is 1. The van der Waals surface area contributed by atoms with Gasteiger partial charge < -0.3 is 5.11 Å². The summed E-state index contributed by atoms with van der Waals surface area (Å²) in [6.07, 6.45) is 2.95. The standard InChI is InChI=1S/C15H25NO4/c1-14(9-17)8-11(18)15(2)7-5-6-10(15)12(14)13(19)16(3)20-4/h10,12,17H,5-9H2,1-4H3/t10-,12-,14-,15-/m1/s1. The Balaban J connectivity index is 2.43. The van der Waals surface area contributed by atoms with Gasteiger partial charge in [0.2, 0.25) is 5.91 Å². The molecule has 114 valence electrons. The summed E-state index contributed by atoms with van der Waals surface area (Å²) in [6.45, 7) is 3.67. The number of carbonyl (C=O) groups is 2. The zero-order valence-corrected chi connectivity index (χ0v) is 12.8. The molecule has 1 amide bonds. The third-order valence-electron chi connectivity index (χ3n) is 5.60. The van der Waals surface area contributed by atoms with Crippen LogP contribution in [-0.2, 0) is 14.4 Å². The molecule has 20 heavy (non-hydrogen) atoms. The van der Waals surface area contributed by atoms with Crippen LogP contribution >= 0.6 is 0 Å². The van der Waals surface area contributed by atoms with Crippen LogP contribution in [-0.4, -0.2) is 42.6 Å². The molecule has 2 saturated carbocycles. The van der Waals surface area contributed by atoms with E-state index in [1.165, 1.54) is 12.2 Å². The van der Waals surface area contributed by atoms with Gasteiger partial charge in [0.05, 0.1) is 13.0 Å². The highest BCUT2D eigenvalue weighted by Gasteiger charge is 2.60. The third-order valence-corrected chi connectivity index (χ3v) is 5.60. The number of carbonyl (C=O) groups excluding carboxylic acids is 2. The zero-order valence-electron chi connectivity index (χ0n) is 12.8. The summed E-state index contributed by atoms with van der Waals surface area (Å²) >= 11 is 0. The van der Waals surface area contributed by atoms with Crippen molar-refractivity contribution in [3.05, 3.63) is 0 Å². The molecule has 5 heteroatoms. The van der Waals surface area contributed by atoms with E-state index in [1.54, 1.807) is 7.05 Å². The smallest absolute Gasteiger partial charge is 0.249 e. The van der Waals surface area contributed by atoms with Crippen LogP contribution in [0.2, 0.25) is 0 Å². The van der Waals surface area contributed by atoms with Gasteiger partial charge >= 0.3 is 0 Å². The van der Waals surface area contributed by atoms with Crippen molar-refractivity contribution in [1.29, 1.82) is 0 Å². The number of Topliss-reactive ketones (excluding diaryl/α,β-unsaturated/α-hetero) is 1. The van der Waals surface area contributed by atoms with Gasteiger partial charge in [0.25, 0.3) is 0 Å². The molecule has 0 aromatic carbocycles. The van der Waals surface area contributed by atoms with Crippen molar-refractivity contribution >= 4 is 11.7 Å². The average molecular weight is 283 g/mol. The molecular formula is C15H25NO4. The molecule has 2 aliphatic carbocycles. The largest absolute Gasteiger partial charge is 0.396 e. The first-order valence-corrected chi connectivity index (χ1v) is 7.26. The van der Waals surface area contributed by atoms with Crippen molar-refractivity contribution in [3.8, 4) is 0 Å². The molecular weight excluding hydrogens is 258 g/mol. The minimum Gasteiger partial charge on any atom is -0.396 e. The van der Waals surface area contributed by atoms with Crippen LogP contribution in [0.15, 0.2) is 0 Å². The Kier molecular flexibility index (Phi) is 3.95. The summed E-state index contributed by atoms with van der Waals surface area (Å²) in [7, 11) is 3.04. The average Bonchev–Trinajstić information content (AvgIpc) is 2.81. The molecule has 2 aliphatic rings. The number of nitrogens with zero attached hydrogens (tertiary/aromatic N) is 1.